The van der Waals surface area contributed by atoms with Gasteiger partial charge in [-0.05, 0) is 50.2 Å². The predicted octanol–water partition coefficient (Wildman–Crippen LogP) is 3.46. The van der Waals surface area contributed by atoms with Crippen molar-refractivity contribution in [2.24, 2.45) is 0 Å². The number of nitrogens with zero attached hydrogens (tertiary/aromatic N) is 1. The summed E-state index contributed by atoms with van der Waals surface area (Å²) in [5, 5.41) is 3.20. The summed E-state index contributed by atoms with van der Waals surface area (Å²) in [6, 6.07) is 12.2. The van der Waals surface area contributed by atoms with Crippen LogP contribution in [-0.4, -0.2) is 12.0 Å². The zero-order chi connectivity index (χ0) is 13.0. The molecule has 0 saturated heterocycles. The van der Waals surface area contributed by atoms with Crippen molar-refractivity contribution in [3.05, 3.63) is 53.7 Å². The molecule has 94 valence electrons. The van der Waals surface area contributed by atoms with Crippen LogP contribution in [0.3, 0.4) is 0 Å². The van der Waals surface area contributed by atoms with Gasteiger partial charge in [0.1, 0.15) is 5.75 Å². The second-order valence-corrected chi connectivity index (χ2v) is 4.36. The Morgan fingerprint density at radius 1 is 1.22 bits per heavy atom. The van der Waals surface area contributed by atoms with Crippen LogP contribution in [0.15, 0.2) is 42.6 Å². The van der Waals surface area contributed by atoms with Crippen LogP contribution in [0.1, 0.15) is 24.1 Å². The third-order valence-electron chi connectivity index (χ3n) is 2.90. The van der Waals surface area contributed by atoms with Crippen LogP contribution in [0.5, 0.6) is 11.6 Å². The second kappa shape index (κ2) is 5.65. The smallest absolute Gasteiger partial charge is 0.219 e. The maximum Gasteiger partial charge on any atom is 0.219 e. The molecule has 3 nitrogen and oxygen atoms in total. The summed E-state index contributed by atoms with van der Waals surface area (Å²) in [4.78, 5) is 4.23. The molecular weight excluding hydrogens is 224 g/mol. The van der Waals surface area contributed by atoms with Crippen LogP contribution in [0.2, 0.25) is 0 Å². The van der Waals surface area contributed by atoms with Crippen molar-refractivity contribution in [3.8, 4) is 11.6 Å². The van der Waals surface area contributed by atoms with E-state index in [0.717, 1.165) is 11.3 Å². The van der Waals surface area contributed by atoms with E-state index < -0.39 is 0 Å². The number of hydrogen-bond donors (Lipinski definition) is 1. The van der Waals surface area contributed by atoms with Crippen molar-refractivity contribution >= 4 is 0 Å². The molecule has 0 aliphatic carbocycles. The second-order valence-electron chi connectivity index (χ2n) is 4.36. The van der Waals surface area contributed by atoms with E-state index in [9.17, 15) is 0 Å². The summed E-state index contributed by atoms with van der Waals surface area (Å²) in [5.41, 5.74) is 2.34. The van der Waals surface area contributed by atoms with Gasteiger partial charge in [0.2, 0.25) is 5.88 Å². The highest BCUT2D eigenvalue weighted by Gasteiger charge is 2.05. The molecule has 2 aromatic rings. The lowest BCUT2D eigenvalue weighted by Gasteiger charge is -2.12. The molecule has 0 spiro atoms. The maximum absolute atomic E-state index is 5.76. The first-order valence-corrected chi connectivity index (χ1v) is 6.07. The maximum atomic E-state index is 5.76. The fourth-order valence-electron chi connectivity index (χ4n) is 1.72. The standard InChI is InChI=1S/C15H18N2O/c1-11-5-4-6-14(9-11)18-15-10-13(7-8-17-15)12(2)16-3/h4-10,12,16H,1-3H3. The molecule has 3 heteroatoms. The molecule has 1 unspecified atom stereocenters. The highest BCUT2D eigenvalue weighted by atomic mass is 16.5. The van der Waals surface area contributed by atoms with E-state index >= 15 is 0 Å². The molecule has 0 amide bonds. The summed E-state index contributed by atoms with van der Waals surface area (Å²) in [5.74, 6) is 1.44. The Morgan fingerprint density at radius 2 is 2.06 bits per heavy atom. The lowest BCUT2D eigenvalue weighted by molar-refractivity contribution is 0.460. The van der Waals surface area contributed by atoms with E-state index in [1.807, 2.05) is 50.4 Å². The minimum atomic E-state index is 0.285. The lowest BCUT2D eigenvalue weighted by Crippen LogP contribution is -2.12. The molecule has 0 saturated carbocycles. The van der Waals surface area contributed by atoms with E-state index in [1.54, 1.807) is 6.20 Å². The van der Waals surface area contributed by atoms with E-state index in [-0.39, 0.29) is 6.04 Å². The number of benzene rings is 1. The molecule has 1 heterocycles. The Hall–Kier alpha value is -1.87. The quantitative estimate of drug-likeness (QED) is 0.891. The van der Waals surface area contributed by atoms with E-state index in [0.29, 0.717) is 5.88 Å². The van der Waals surface area contributed by atoms with Gasteiger partial charge in [-0.3, -0.25) is 0 Å². The van der Waals surface area contributed by atoms with Crippen molar-refractivity contribution < 1.29 is 4.74 Å². The summed E-state index contributed by atoms with van der Waals surface area (Å²) >= 11 is 0. The van der Waals surface area contributed by atoms with Crippen LogP contribution in [0, 0.1) is 6.92 Å². The van der Waals surface area contributed by atoms with E-state index in [2.05, 4.69) is 17.2 Å². The summed E-state index contributed by atoms with van der Waals surface area (Å²) < 4.78 is 5.76. The van der Waals surface area contributed by atoms with Gasteiger partial charge in [0.25, 0.3) is 0 Å². The third kappa shape index (κ3) is 3.08. The first kappa shape index (κ1) is 12.6. The zero-order valence-corrected chi connectivity index (χ0v) is 11.0. The van der Waals surface area contributed by atoms with Crippen LogP contribution < -0.4 is 10.1 Å². The van der Waals surface area contributed by atoms with Gasteiger partial charge in [-0.1, -0.05) is 12.1 Å². The molecule has 1 atom stereocenters. The van der Waals surface area contributed by atoms with Crippen molar-refractivity contribution in [1.82, 2.24) is 10.3 Å². The number of ether oxygens (including phenoxy) is 1. The average Bonchev–Trinajstić information content (AvgIpc) is 2.38. The highest BCUT2D eigenvalue weighted by Crippen LogP contribution is 2.22. The van der Waals surface area contributed by atoms with Crippen molar-refractivity contribution in [2.45, 2.75) is 19.9 Å². The Kier molecular flexibility index (Phi) is 3.95. The zero-order valence-electron chi connectivity index (χ0n) is 11.0. The van der Waals surface area contributed by atoms with Gasteiger partial charge in [0.15, 0.2) is 0 Å². The molecule has 0 bridgehead atoms. The van der Waals surface area contributed by atoms with Gasteiger partial charge in [0.05, 0.1) is 0 Å². The molecule has 0 radical (unpaired) electrons. The lowest BCUT2D eigenvalue weighted by atomic mass is 10.1. The normalized spacial score (nSPS) is 12.2. The van der Waals surface area contributed by atoms with Crippen LogP contribution >= 0.6 is 0 Å². The first-order valence-electron chi connectivity index (χ1n) is 6.07. The Balaban J connectivity index is 2.19. The monoisotopic (exact) mass is 242 g/mol. The largest absolute Gasteiger partial charge is 0.439 e. The molecule has 1 aromatic carbocycles. The van der Waals surface area contributed by atoms with Crippen LogP contribution in [0.4, 0.5) is 0 Å². The van der Waals surface area contributed by atoms with Gasteiger partial charge in [-0.25, -0.2) is 4.98 Å². The minimum absolute atomic E-state index is 0.285. The Morgan fingerprint density at radius 3 is 2.78 bits per heavy atom. The van der Waals surface area contributed by atoms with Crippen molar-refractivity contribution in [1.29, 1.82) is 0 Å². The molecule has 0 aliphatic heterocycles. The van der Waals surface area contributed by atoms with Crippen molar-refractivity contribution in [3.63, 3.8) is 0 Å². The molecule has 0 aliphatic rings. The number of aryl methyl sites for hydroxylation is 1. The fourth-order valence-corrected chi connectivity index (χ4v) is 1.72. The van der Waals surface area contributed by atoms with E-state index in [1.165, 1.54) is 5.56 Å². The molecule has 2 rings (SSSR count). The van der Waals surface area contributed by atoms with E-state index in [4.69, 9.17) is 4.74 Å². The fraction of sp³-hybridized carbons (Fsp3) is 0.267. The molecule has 18 heavy (non-hydrogen) atoms. The number of rotatable bonds is 4. The minimum Gasteiger partial charge on any atom is -0.439 e. The first-order chi connectivity index (χ1) is 8.69. The van der Waals surface area contributed by atoms with Gasteiger partial charge in [-0.15, -0.1) is 0 Å². The van der Waals surface area contributed by atoms with Crippen molar-refractivity contribution in [2.75, 3.05) is 7.05 Å². The van der Waals surface area contributed by atoms with Gasteiger partial charge in [-0.2, -0.15) is 0 Å². The number of nitrogens with one attached hydrogen (secondary N) is 1. The Labute approximate surface area is 108 Å². The number of hydrogen-bond acceptors (Lipinski definition) is 3. The summed E-state index contributed by atoms with van der Waals surface area (Å²) in [6.45, 7) is 4.14. The summed E-state index contributed by atoms with van der Waals surface area (Å²) in [7, 11) is 1.94. The Bertz CT molecular complexity index is 525. The SMILES string of the molecule is CNC(C)c1ccnc(Oc2cccc(C)c2)c1. The topological polar surface area (TPSA) is 34.2 Å². The van der Waals surface area contributed by atoms with Gasteiger partial charge in [0, 0.05) is 18.3 Å². The van der Waals surface area contributed by atoms with Gasteiger partial charge < -0.3 is 10.1 Å². The predicted molar refractivity (Wildman–Crippen MR) is 73.0 cm³/mol. The number of aromatic nitrogens is 1. The highest BCUT2D eigenvalue weighted by molar-refractivity contribution is 5.32. The third-order valence-corrected chi connectivity index (χ3v) is 2.90. The molecular formula is C15H18N2O. The molecule has 1 aromatic heterocycles. The summed E-state index contributed by atoms with van der Waals surface area (Å²) in [6.07, 6.45) is 1.77. The van der Waals surface area contributed by atoms with Crippen LogP contribution in [0.25, 0.3) is 0 Å². The molecule has 1 N–H and O–H groups in total. The molecule has 0 fully saturated rings. The van der Waals surface area contributed by atoms with Gasteiger partial charge >= 0.3 is 0 Å². The average molecular weight is 242 g/mol. The van der Waals surface area contributed by atoms with Crippen LogP contribution in [-0.2, 0) is 0 Å². The number of pyridine rings is 1.